The molecule has 10 heteroatoms. The maximum Gasteiger partial charge on any atom is 0.331 e. The van der Waals surface area contributed by atoms with Gasteiger partial charge >= 0.3 is 29.8 Å². The van der Waals surface area contributed by atoms with Gasteiger partial charge in [0.2, 0.25) is 0 Å². The van der Waals surface area contributed by atoms with Gasteiger partial charge in [0.25, 0.3) is 0 Å². The lowest BCUT2D eigenvalue weighted by Crippen LogP contribution is -2.49. The molecule has 34 heavy (non-hydrogen) atoms. The Labute approximate surface area is 196 Å². The van der Waals surface area contributed by atoms with Gasteiger partial charge < -0.3 is 25.5 Å². The number of carbonyl (C=O) groups is 5. The van der Waals surface area contributed by atoms with Gasteiger partial charge in [-0.25, -0.2) is 4.79 Å². The lowest BCUT2D eigenvalue weighted by molar-refractivity contribution is -0.177. The molecule has 0 radical (unpaired) electrons. The molecule has 0 saturated carbocycles. The third-order valence-electron chi connectivity index (χ3n) is 6.01. The monoisotopic (exact) mass is 478 g/mol. The molecule has 1 rings (SSSR count). The van der Waals surface area contributed by atoms with Crippen molar-refractivity contribution >= 4 is 29.8 Å². The van der Waals surface area contributed by atoms with E-state index in [0.717, 1.165) is 5.56 Å². The van der Waals surface area contributed by atoms with Gasteiger partial charge in [-0.3, -0.25) is 19.2 Å². The van der Waals surface area contributed by atoms with Gasteiger partial charge in [-0.1, -0.05) is 56.2 Å². The summed E-state index contributed by atoms with van der Waals surface area (Å²) in [6.45, 7) is 3.25. The third kappa shape index (κ3) is 7.43. The van der Waals surface area contributed by atoms with Crippen LogP contribution in [0.15, 0.2) is 42.5 Å². The topological polar surface area (TPSA) is 186 Å². The molecule has 2 atom stereocenters. The molecule has 0 aliphatic heterocycles. The average molecular weight is 478 g/mol. The first-order valence-electron chi connectivity index (χ1n) is 10.8. The van der Waals surface area contributed by atoms with Crippen LogP contribution in [0.2, 0.25) is 0 Å². The van der Waals surface area contributed by atoms with Crippen molar-refractivity contribution in [1.82, 2.24) is 0 Å². The quantitative estimate of drug-likeness (QED) is 0.126. The average Bonchev–Trinajstić information content (AvgIpc) is 2.76. The van der Waals surface area contributed by atoms with Crippen molar-refractivity contribution in [1.29, 1.82) is 0 Å². The van der Waals surface area contributed by atoms with Gasteiger partial charge in [0.1, 0.15) is 0 Å². The molecule has 5 N–H and O–H groups in total. The van der Waals surface area contributed by atoms with E-state index in [0.29, 0.717) is 6.42 Å². The van der Waals surface area contributed by atoms with Crippen LogP contribution >= 0.6 is 0 Å². The van der Waals surface area contributed by atoms with Crippen molar-refractivity contribution < 1.29 is 49.5 Å². The van der Waals surface area contributed by atoms with E-state index in [-0.39, 0.29) is 38.5 Å². The second-order valence-electron chi connectivity index (χ2n) is 8.17. The van der Waals surface area contributed by atoms with Crippen molar-refractivity contribution in [3.05, 3.63) is 48.0 Å². The zero-order valence-electron chi connectivity index (χ0n) is 18.7. The van der Waals surface area contributed by atoms with E-state index in [1.165, 1.54) is 0 Å². The molecule has 0 aliphatic rings. The first kappa shape index (κ1) is 28.3. The SMILES string of the molecule is C=C(C(=O)O)C(CCCCCC(C(=O)O)(C(=O)O)C(CCCc1ccccc1)C(=O)O)C(=O)O. The summed E-state index contributed by atoms with van der Waals surface area (Å²) in [5.74, 6) is -10.8. The Hall–Kier alpha value is -3.69. The number of benzene rings is 1. The molecular weight excluding hydrogens is 448 g/mol. The fourth-order valence-corrected chi connectivity index (χ4v) is 4.04. The number of hydrogen-bond donors (Lipinski definition) is 5. The molecule has 0 spiro atoms. The summed E-state index contributed by atoms with van der Waals surface area (Å²) in [6.07, 6.45) is 0.421. The number of carboxylic acid groups (broad SMARTS) is 5. The van der Waals surface area contributed by atoms with E-state index >= 15 is 0 Å². The largest absolute Gasteiger partial charge is 0.481 e. The molecule has 0 aliphatic carbocycles. The maximum atomic E-state index is 12.1. The Kier molecular flexibility index (Phi) is 10.9. The number of carboxylic acids is 5. The van der Waals surface area contributed by atoms with Crippen molar-refractivity contribution in [3.8, 4) is 0 Å². The smallest absolute Gasteiger partial charge is 0.331 e. The van der Waals surface area contributed by atoms with Gasteiger partial charge in [-0.15, -0.1) is 0 Å². The predicted molar refractivity (Wildman–Crippen MR) is 119 cm³/mol. The molecule has 0 heterocycles. The second kappa shape index (κ2) is 13.1. The van der Waals surface area contributed by atoms with Crippen LogP contribution in [0.3, 0.4) is 0 Å². The molecule has 1 aromatic carbocycles. The first-order chi connectivity index (χ1) is 15.9. The fraction of sp³-hybridized carbons (Fsp3) is 0.458. The van der Waals surface area contributed by atoms with Crippen LogP contribution in [0.1, 0.15) is 50.5 Å². The molecule has 186 valence electrons. The minimum atomic E-state index is -2.54. The highest BCUT2D eigenvalue weighted by atomic mass is 16.4. The molecule has 10 nitrogen and oxygen atoms in total. The van der Waals surface area contributed by atoms with E-state index in [9.17, 15) is 44.4 Å². The minimum Gasteiger partial charge on any atom is -0.481 e. The third-order valence-corrected chi connectivity index (χ3v) is 6.01. The van der Waals surface area contributed by atoms with Crippen LogP contribution in [0, 0.1) is 17.3 Å². The summed E-state index contributed by atoms with van der Waals surface area (Å²) >= 11 is 0. The summed E-state index contributed by atoms with van der Waals surface area (Å²) in [6, 6.07) is 9.11. The Bertz CT molecular complexity index is 892. The molecule has 0 aromatic heterocycles. The number of hydrogen-bond acceptors (Lipinski definition) is 5. The van der Waals surface area contributed by atoms with Gasteiger partial charge in [0, 0.05) is 5.57 Å². The van der Waals surface area contributed by atoms with Crippen LogP contribution in [-0.2, 0) is 30.4 Å². The maximum absolute atomic E-state index is 12.1. The van der Waals surface area contributed by atoms with Crippen molar-refractivity contribution in [2.75, 3.05) is 0 Å². The van der Waals surface area contributed by atoms with Crippen LogP contribution in [0.5, 0.6) is 0 Å². The highest BCUT2D eigenvalue weighted by Crippen LogP contribution is 2.38. The molecule has 1 aromatic rings. The van der Waals surface area contributed by atoms with E-state index in [1.807, 2.05) is 30.3 Å². The molecule has 0 saturated heterocycles. The standard InChI is InChI=1S/C24H30O10/c1-15(19(25)26)17(20(27)28)12-6-3-7-14-24(22(31)32,23(33)34)18(21(29)30)13-8-11-16-9-4-2-5-10-16/h2,4-5,9-10,17-18H,1,3,6-8,11-14H2,(H,25,26)(H,27,28)(H,29,30)(H,31,32)(H,33,34). The van der Waals surface area contributed by atoms with Crippen LogP contribution < -0.4 is 0 Å². The van der Waals surface area contributed by atoms with Gasteiger partial charge in [0.05, 0.1) is 11.8 Å². The summed E-state index contributed by atoms with van der Waals surface area (Å²) in [5, 5.41) is 47.4. The summed E-state index contributed by atoms with van der Waals surface area (Å²) in [7, 11) is 0. The zero-order chi connectivity index (χ0) is 25.9. The van der Waals surface area contributed by atoms with Crippen molar-refractivity contribution in [3.63, 3.8) is 0 Å². The summed E-state index contributed by atoms with van der Waals surface area (Å²) < 4.78 is 0. The zero-order valence-corrected chi connectivity index (χ0v) is 18.7. The van der Waals surface area contributed by atoms with E-state index in [2.05, 4.69) is 6.58 Å². The summed E-state index contributed by atoms with van der Waals surface area (Å²) in [4.78, 5) is 58.3. The van der Waals surface area contributed by atoms with Crippen LogP contribution in [-0.4, -0.2) is 55.4 Å². The van der Waals surface area contributed by atoms with E-state index < -0.39 is 59.1 Å². The van der Waals surface area contributed by atoms with E-state index in [1.54, 1.807) is 0 Å². The Morgan fingerprint density at radius 1 is 0.765 bits per heavy atom. The number of unbranched alkanes of at least 4 members (excludes halogenated alkanes) is 2. The Morgan fingerprint density at radius 3 is 1.82 bits per heavy atom. The van der Waals surface area contributed by atoms with Gasteiger partial charge in [-0.2, -0.15) is 0 Å². The highest BCUT2D eigenvalue weighted by Gasteiger charge is 2.55. The normalized spacial score (nSPS) is 12.9. The molecule has 0 bridgehead atoms. The number of rotatable bonds is 17. The Morgan fingerprint density at radius 2 is 1.35 bits per heavy atom. The van der Waals surface area contributed by atoms with Crippen molar-refractivity contribution in [2.45, 2.75) is 51.4 Å². The molecular formula is C24H30O10. The van der Waals surface area contributed by atoms with Crippen LogP contribution in [0.4, 0.5) is 0 Å². The lowest BCUT2D eigenvalue weighted by atomic mass is 9.69. The lowest BCUT2D eigenvalue weighted by Gasteiger charge is -2.31. The first-order valence-corrected chi connectivity index (χ1v) is 10.8. The Balaban J connectivity index is 2.88. The predicted octanol–water partition coefficient (Wildman–Crippen LogP) is 3.16. The number of aliphatic carboxylic acids is 5. The molecule has 0 fully saturated rings. The van der Waals surface area contributed by atoms with Gasteiger partial charge in [-0.05, 0) is 37.7 Å². The van der Waals surface area contributed by atoms with Crippen molar-refractivity contribution in [2.24, 2.45) is 17.3 Å². The molecule has 2 unspecified atom stereocenters. The highest BCUT2D eigenvalue weighted by molar-refractivity contribution is 6.02. The molecule has 0 amide bonds. The second-order valence-corrected chi connectivity index (χ2v) is 8.17. The van der Waals surface area contributed by atoms with Crippen LogP contribution in [0.25, 0.3) is 0 Å². The summed E-state index contributed by atoms with van der Waals surface area (Å²) in [5.41, 5.74) is -2.11. The fourth-order valence-electron chi connectivity index (χ4n) is 4.04. The van der Waals surface area contributed by atoms with E-state index in [4.69, 9.17) is 5.11 Å². The van der Waals surface area contributed by atoms with Gasteiger partial charge in [0.15, 0.2) is 5.41 Å². The minimum absolute atomic E-state index is 0.00690. The number of aryl methyl sites for hydroxylation is 1.